The fourth-order valence-corrected chi connectivity index (χ4v) is 3.21. The molecule has 0 saturated heterocycles. The molecule has 124 valence electrons. The van der Waals surface area contributed by atoms with Gasteiger partial charge in [-0.25, -0.2) is 15.0 Å². The van der Waals surface area contributed by atoms with Gasteiger partial charge in [0.2, 0.25) is 0 Å². The summed E-state index contributed by atoms with van der Waals surface area (Å²) >= 11 is 6.35. The first-order valence-electron chi connectivity index (χ1n) is 8.05. The van der Waals surface area contributed by atoms with Gasteiger partial charge in [0.05, 0.1) is 11.4 Å². The van der Waals surface area contributed by atoms with Crippen molar-refractivity contribution in [3.63, 3.8) is 0 Å². The molecule has 5 heteroatoms. The molecule has 0 radical (unpaired) electrons. The lowest BCUT2D eigenvalue weighted by atomic mass is 9.98. The van der Waals surface area contributed by atoms with Crippen LogP contribution in [0.1, 0.15) is 22.3 Å². The number of anilines is 2. The fourth-order valence-electron chi connectivity index (χ4n) is 3.04. The zero-order valence-corrected chi connectivity index (χ0v) is 15.0. The lowest BCUT2D eigenvalue weighted by Crippen LogP contribution is -2.14. The quantitative estimate of drug-likeness (QED) is 0.581. The van der Waals surface area contributed by atoms with Gasteiger partial charge in [0.25, 0.3) is 0 Å². The van der Waals surface area contributed by atoms with E-state index in [4.69, 9.17) is 16.6 Å². The van der Waals surface area contributed by atoms with E-state index in [9.17, 15) is 0 Å². The van der Waals surface area contributed by atoms with Gasteiger partial charge in [0, 0.05) is 18.2 Å². The minimum atomic E-state index is 0.353. The van der Waals surface area contributed by atoms with Gasteiger partial charge in [0.1, 0.15) is 12.0 Å². The molecule has 1 aliphatic heterocycles. The predicted molar refractivity (Wildman–Crippen MR) is 103 cm³/mol. The lowest BCUT2D eigenvalue weighted by molar-refractivity contribution is 1.08. The van der Waals surface area contributed by atoms with E-state index in [1.807, 2.05) is 11.9 Å². The van der Waals surface area contributed by atoms with Crippen molar-refractivity contribution in [2.75, 3.05) is 11.9 Å². The summed E-state index contributed by atoms with van der Waals surface area (Å²) in [4.78, 5) is 15.4. The maximum atomic E-state index is 6.35. The van der Waals surface area contributed by atoms with E-state index in [0.29, 0.717) is 16.7 Å². The van der Waals surface area contributed by atoms with E-state index in [-0.39, 0.29) is 0 Å². The maximum Gasteiger partial charge on any atom is 0.163 e. The molecule has 4 rings (SSSR count). The smallest absolute Gasteiger partial charge is 0.163 e. The number of fused-ring (bicyclic) bond motifs is 2. The molecule has 2 aromatic carbocycles. The molecule has 0 N–H and O–H groups in total. The third-order valence-electron chi connectivity index (χ3n) is 4.39. The summed E-state index contributed by atoms with van der Waals surface area (Å²) in [6.45, 7) is 4.16. The second-order valence-corrected chi connectivity index (χ2v) is 6.60. The van der Waals surface area contributed by atoms with Crippen LogP contribution in [-0.2, 0) is 0 Å². The van der Waals surface area contributed by atoms with Crippen LogP contribution in [0.25, 0.3) is 0 Å². The molecule has 3 aromatic rings. The van der Waals surface area contributed by atoms with Crippen LogP contribution in [0.2, 0.25) is 5.15 Å². The van der Waals surface area contributed by atoms with Gasteiger partial charge in [0.15, 0.2) is 11.0 Å². The molecule has 2 heterocycles. The van der Waals surface area contributed by atoms with Crippen LogP contribution < -0.4 is 4.90 Å². The Bertz CT molecular complexity index is 993. The van der Waals surface area contributed by atoms with Gasteiger partial charge in [-0.3, -0.25) is 0 Å². The molecule has 0 spiro atoms. The maximum absolute atomic E-state index is 6.35. The Hall–Kier alpha value is -2.72. The van der Waals surface area contributed by atoms with Crippen molar-refractivity contribution in [2.24, 2.45) is 4.99 Å². The van der Waals surface area contributed by atoms with Gasteiger partial charge >= 0.3 is 0 Å². The average Bonchev–Trinajstić information content (AvgIpc) is 2.72. The monoisotopic (exact) mass is 348 g/mol. The van der Waals surface area contributed by atoms with E-state index in [1.165, 1.54) is 17.5 Å². The minimum Gasteiger partial charge on any atom is -0.327 e. The number of halogens is 1. The molecule has 0 atom stereocenters. The van der Waals surface area contributed by atoms with Crippen LogP contribution in [0.5, 0.6) is 0 Å². The van der Waals surface area contributed by atoms with Crippen molar-refractivity contribution in [1.29, 1.82) is 0 Å². The standard InChI is InChI=1S/C20H17ClN4/c1-12-4-7-14(8-5-12)17-15-10-13(2)6-9-16(15)25(3)20-18(24-17)19(21)22-11-23-20/h4-11H,1-3H3. The zero-order valence-electron chi connectivity index (χ0n) is 14.3. The van der Waals surface area contributed by atoms with E-state index in [2.05, 4.69) is 66.3 Å². The molecule has 1 aliphatic rings. The SMILES string of the molecule is Cc1ccc(C2=Nc3c(Cl)ncnc3N(C)c3ccc(C)cc32)cc1. The first-order chi connectivity index (χ1) is 12.0. The number of aryl methyl sites for hydroxylation is 2. The van der Waals surface area contributed by atoms with Crippen molar-refractivity contribution >= 4 is 34.5 Å². The first kappa shape index (κ1) is 15.8. The van der Waals surface area contributed by atoms with Crippen LogP contribution in [0, 0.1) is 13.8 Å². The summed E-state index contributed by atoms with van der Waals surface area (Å²) in [5.41, 5.74) is 6.99. The Morgan fingerprint density at radius 2 is 1.64 bits per heavy atom. The number of benzene rings is 2. The number of rotatable bonds is 1. The van der Waals surface area contributed by atoms with Gasteiger partial charge in [-0.15, -0.1) is 0 Å². The molecule has 0 fully saturated rings. The van der Waals surface area contributed by atoms with E-state index >= 15 is 0 Å². The number of nitrogens with zero attached hydrogens (tertiary/aromatic N) is 4. The fraction of sp³-hybridized carbons (Fsp3) is 0.150. The van der Waals surface area contributed by atoms with Crippen LogP contribution in [0.15, 0.2) is 53.8 Å². The van der Waals surface area contributed by atoms with Crippen molar-refractivity contribution in [3.8, 4) is 0 Å². The largest absolute Gasteiger partial charge is 0.327 e. The molecule has 25 heavy (non-hydrogen) atoms. The second kappa shape index (κ2) is 5.97. The average molecular weight is 349 g/mol. The summed E-state index contributed by atoms with van der Waals surface area (Å²) in [6, 6.07) is 14.7. The highest BCUT2D eigenvalue weighted by Gasteiger charge is 2.24. The summed E-state index contributed by atoms with van der Waals surface area (Å²) in [7, 11) is 1.98. The van der Waals surface area contributed by atoms with Gasteiger partial charge < -0.3 is 4.90 Å². The van der Waals surface area contributed by atoms with Crippen LogP contribution in [0.4, 0.5) is 17.2 Å². The van der Waals surface area contributed by atoms with Gasteiger partial charge in [-0.1, -0.05) is 53.1 Å². The Morgan fingerprint density at radius 1 is 0.920 bits per heavy atom. The van der Waals surface area contributed by atoms with Gasteiger partial charge in [-0.05, 0) is 26.0 Å². The van der Waals surface area contributed by atoms with Crippen LogP contribution in [0.3, 0.4) is 0 Å². The molecular weight excluding hydrogens is 332 g/mol. The zero-order chi connectivity index (χ0) is 17.6. The molecule has 0 bridgehead atoms. The molecule has 0 amide bonds. The number of aromatic nitrogens is 2. The first-order valence-corrected chi connectivity index (χ1v) is 8.43. The number of hydrogen-bond donors (Lipinski definition) is 0. The van der Waals surface area contributed by atoms with Crippen LogP contribution >= 0.6 is 11.6 Å². The molecule has 0 saturated carbocycles. The van der Waals surface area contributed by atoms with Gasteiger partial charge in [-0.2, -0.15) is 0 Å². The number of aliphatic imine (C=N–C) groups is 1. The van der Waals surface area contributed by atoms with E-state index < -0.39 is 0 Å². The lowest BCUT2D eigenvalue weighted by Gasteiger charge is -2.20. The molecular formula is C20H17ClN4. The summed E-state index contributed by atoms with van der Waals surface area (Å²) in [5.74, 6) is 0.701. The second-order valence-electron chi connectivity index (χ2n) is 6.24. The van der Waals surface area contributed by atoms with Crippen molar-refractivity contribution < 1.29 is 0 Å². The minimum absolute atomic E-state index is 0.353. The summed E-state index contributed by atoms with van der Waals surface area (Å²) < 4.78 is 0. The highest BCUT2D eigenvalue weighted by Crippen LogP contribution is 2.41. The van der Waals surface area contributed by atoms with Crippen LogP contribution in [-0.4, -0.2) is 22.7 Å². The normalized spacial score (nSPS) is 13.0. The third kappa shape index (κ3) is 2.68. The molecule has 4 nitrogen and oxygen atoms in total. The Kier molecular flexibility index (Phi) is 3.77. The van der Waals surface area contributed by atoms with Crippen molar-refractivity contribution in [3.05, 3.63) is 76.2 Å². The molecule has 0 aliphatic carbocycles. The topological polar surface area (TPSA) is 41.4 Å². The van der Waals surface area contributed by atoms with Crippen molar-refractivity contribution in [1.82, 2.24) is 9.97 Å². The molecule has 0 unspecified atom stereocenters. The summed E-state index contributed by atoms with van der Waals surface area (Å²) in [6.07, 6.45) is 1.47. The highest BCUT2D eigenvalue weighted by molar-refractivity contribution is 6.33. The van der Waals surface area contributed by atoms with E-state index in [0.717, 1.165) is 22.5 Å². The Morgan fingerprint density at radius 3 is 2.40 bits per heavy atom. The predicted octanol–water partition coefficient (Wildman–Crippen LogP) is 5.00. The Labute approximate surface area is 151 Å². The third-order valence-corrected chi connectivity index (χ3v) is 4.67. The summed E-state index contributed by atoms with van der Waals surface area (Å²) in [5, 5.41) is 0.353. The molecule has 1 aromatic heterocycles. The van der Waals surface area contributed by atoms with E-state index in [1.54, 1.807) is 0 Å². The number of hydrogen-bond acceptors (Lipinski definition) is 4. The highest BCUT2D eigenvalue weighted by atomic mass is 35.5. The Balaban J connectivity index is 2.06. The van der Waals surface area contributed by atoms with Crippen molar-refractivity contribution in [2.45, 2.75) is 13.8 Å².